The first-order chi connectivity index (χ1) is 26.6. The Morgan fingerprint density at radius 3 is 2.13 bits per heavy atom. The van der Waals surface area contributed by atoms with Crippen molar-refractivity contribution in [3.05, 3.63) is 59.1 Å². The number of esters is 2. The van der Waals surface area contributed by atoms with E-state index in [-0.39, 0.29) is 44.8 Å². The summed E-state index contributed by atoms with van der Waals surface area (Å²) in [7, 11) is -4.42. The second-order valence-corrected chi connectivity index (χ2v) is 15.9. The van der Waals surface area contributed by atoms with Crippen molar-refractivity contribution >= 4 is 19.8 Å². The van der Waals surface area contributed by atoms with Crippen molar-refractivity contribution in [3.63, 3.8) is 0 Å². The third-order valence-corrected chi connectivity index (χ3v) is 10.6. The molecule has 1 aromatic rings. The van der Waals surface area contributed by atoms with E-state index in [2.05, 4.69) is 64.2 Å². The van der Waals surface area contributed by atoms with Gasteiger partial charge in [-0.3, -0.25) is 18.6 Å². The summed E-state index contributed by atoms with van der Waals surface area (Å²) in [6.45, 7) is 7.76. The van der Waals surface area contributed by atoms with E-state index in [9.17, 15) is 19.0 Å². The number of furan rings is 1. The molecule has 0 spiro atoms. The van der Waals surface area contributed by atoms with E-state index in [1.165, 1.54) is 30.4 Å². The molecule has 12 heteroatoms. The molecule has 0 saturated carbocycles. The molecule has 2 heterocycles. The lowest BCUT2D eigenvalue weighted by Gasteiger charge is -2.19. The molecule has 0 bridgehead atoms. The Labute approximate surface area is 331 Å². The van der Waals surface area contributed by atoms with Crippen LogP contribution in [0.5, 0.6) is 0 Å². The Hall–Kier alpha value is -2.53. The minimum absolute atomic E-state index is 0.0325. The second kappa shape index (κ2) is 29.7. The Bertz CT molecular complexity index is 1340. The molecule has 3 unspecified atom stereocenters. The van der Waals surface area contributed by atoms with Crippen LogP contribution in [0.4, 0.5) is 0 Å². The van der Waals surface area contributed by atoms with Crippen molar-refractivity contribution < 1.29 is 46.7 Å². The number of phosphoric ester groups is 1. The largest absolute Gasteiger partial charge is 0.472 e. The summed E-state index contributed by atoms with van der Waals surface area (Å²) >= 11 is 0. The Kier molecular flexibility index (Phi) is 26.2. The molecule has 0 amide bonds. The molecule has 1 aromatic heterocycles. The number of rotatable bonds is 34. The number of ether oxygens (including phenoxy) is 3. The molecule has 2 rings (SSSR count). The van der Waals surface area contributed by atoms with Gasteiger partial charge in [0.25, 0.3) is 0 Å². The highest BCUT2D eigenvalue weighted by Gasteiger charge is 2.37. The number of hydrogen-bond acceptors (Lipinski definition) is 10. The van der Waals surface area contributed by atoms with E-state index in [1.54, 1.807) is 0 Å². The lowest BCUT2D eigenvalue weighted by atomic mass is 10.0. The van der Waals surface area contributed by atoms with Gasteiger partial charge in [0.1, 0.15) is 18.1 Å². The van der Waals surface area contributed by atoms with Crippen LogP contribution in [0.1, 0.15) is 152 Å². The lowest BCUT2D eigenvalue weighted by Crippen LogP contribution is -2.29. The summed E-state index contributed by atoms with van der Waals surface area (Å²) < 4.78 is 44.7. The van der Waals surface area contributed by atoms with Crippen molar-refractivity contribution in [1.82, 2.24) is 0 Å². The van der Waals surface area contributed by atoms with E-state index >= 15 is 0 Å². The lowest BCUT2D eigenvalue weighted by molar-refractivity contribution is -0.161. The van der Waals surface area contributed by atoms with Crippen molar-refractivity contribution in [2.75, 3.05) is 26.4 Å². The number of epoxide rings is 1. The average Bonchev–Trinajstić information content (AvgIpc) is 3.86. The number of nitrogens with two attached hydrogens (primary N) is 1. The van der Waals surface area contributed by atoms with Crippen LogP contribution in [0.15, 0.2) is 40.9 Å². The molecule has 4 atom stereocenters. The smallest absolute Gasteiger partial charge is 0.466 e. The summed E-state index contributed by atoms with van der Waals surface area (Å²) in [5, 5.41) is 0. The second-order valence-electron chi connectivity index (χ2n) is 14.5. The van der Waals surface area contributed by atoms with E-state index in [0.717, 1.165) is 95.0 Å². The van der Waals surface area contributed by atoms with Crippen molar-refractivity contribution in [2.45, 2.75) is 174 Å². The molecule has 11 nitrogen and oxygen atoms in total. The Balaban J connectivity index is 1.62. The molecule has 0 aliphatic carbocycles. The van der Waals surface area contributed by atoms with Crippen molar-refractivity contribution in [2.24, 2.45) is 5.73 Å². The van der Waals surface area contributed by atoms with Gasteiger partial charge in [-0.15, -0.1) is 0 Å². The molecule has 0 aromatic carbocycles. The third-order valence-electron chi connectivity index (χ3n) is 9.63. The SMILES string of the molecule is CCCCC/C=C\C/C=C\C/C=C\CC1OC1CCCC(=O)O[C@H](COC(=O)CCCCCCCCc1oc(CCC)c(C)c1C)COP(=O)(O)OCCN. The van der Waals surface area contributed by atoms with Gasteiger partial charge in [-0.25, -0.2) is 4.57 Å². The predicted molar refractivity (Wildman–Crippen MR) is 218 cm³/mol. The highest BCUT2D eigenvalue weighted by atomic mass is 31.2. The van der Waals surface area contributed by atoms with Crippen LogP contribution in [-0.2, 0) is 50.3 Å². The Morgan fingerprint density at radius 1 is 0.764 bits per heavy atom. The van der Waals surface area contributed by atoms with Gasteiger partial charge in [-0.2, -0.15) is 0 Å². The number of hydrogen-bond donors (Lipinski definition) is 2. The van der Waals surface area contributed by atoms with E-state index in [4.69, 9.17) is 33.4 Å². The fourth-order valence-corrected chi connectivity index (χ4v) is 6.94. The third kappa shape index (κ3) is 23.3. The van der Waals surface area contributed by atoms with Crippen LogP contribution in [0, 0.1) is 13.8 Å². The van der Waals surface area contributed by atoms with Gasteiger partial charge in [0.15, 0.2) is 6.10 Å². The summed E-state index contributed by atoms with van der Waals surface area (Å²) in [4.78, 5) is 35.1. The Morgan fingerprint density at radius 2 is 1.42 bits per heavy atom. The maximum atomic E-state index is 12.7. The quantitative estimate of drug-likeness (QED) is 0.0225. The molecule has 0 radical (unpaired) electrons. The van der Waals surface area contributed by atoms with E-state index < -0.39 is 32.5 Å². The first-order valence-corrected chi connectivity index (χ1v) is 22.4. The predicted octanol–water partition coefficient (Wildman–Crippen LogP) is 10.0. The highest BCUT2D eigenvalue weighted by Crippen LogP contribution is 2.43. The highest BCUT2D eigenvalue weighted by molar-refractivity contribution is 7.47. The molecule has 55 heavy (non-hydrogen) atoms. The normalized spacial score (nSPS) is 17.3. The molecule has 1 aliphatic rings. The minimum Gasteiger partial charge on any atom is -0.466 e. The molecule has 1 saturated heterocycles. The number of aryl methyl sites for hydroxylation is 2. The van der Waals surface area contributed by atoms with Gasteiger partial charge in [0, 0.05) is 32.2 Å². The van der Waals surface area contributed by atoms with Crippen LogP contribution in [0.3, 0.4) is 0 Å². The fourth-order valence-electron chi connectivity index (χ4n) is 6.18. The van der Waals surface area contributed by atoms with Crippen molar-refractivity contribution in [3.8, 4) is 0 Å². The first-order valence-electron chi connectivity index (χ1n) is 20.9. The minimum atomic E-state index is -4.42. The maximum Gasteiger partial charge on any atom is 0.472 e. The van der Waals surface area contributed by atoms with Gasteiger partial charge in [0.05, 0.1) is 25.4 Å². The number of unbranched alkanes of at least 4 members (excludes halogenated alkanes) is 8. The van der Waals surface area contributed by atoms with Gasteiger partial charge in [-0.1, -0.05) is 88.8 Å². The van der Waals surface area contributed by atoms with Gasteiger partial charge in [-0.05, 0) is 89.2 Å². The van der Waals surface area contributed by atoms with Crippen LogP contribution in [0.25, 0.3) is 0 Å². The van der Waals surface area contributed by atoms with Gasteiger partial charge < -0.3 is 29.3 Å². The zero-order chi connectivity index (χ0) is 40.2. The average molecular weight is 794 g/mol. The molecule has 314 valence electrons. The van der Waals surface area contributed by atoms with Crippen LogP contribution >= 0.6 is 7.82 Å². The number of carbonyl (C=O) groups is 2. The zero-order valence-corrected chi connectivity index (χ0v) is 35.2. The molecular weight excluding hydrogens is 721 g/mol. The number of allylic oxidation sites excluding steroid dienone is 5. The standard InChI is InChI=1S/C43H72NO10P/c1-5-7-8-9-10-11-12-13-14-15-19-22-27-40-41(54-40)28-24-30-43(46)52-37(34-51-55(47,48)50-32-31-44)33-49-42(45)29-23-20-17-16-18-21-26-39-36(4)35(3)38(53-39)25-6-2/h10-11,13-14,19,22,37,40-41H,5-9,12,15-18,20-21,23-34,44H2,1-4H3,(H,47,48)/b11-10-,14-13-,22-19-/t37-,40?,41?/m1/s1. The summed E-state index contributed by atoms with van der Waals surface area (Å²) in [6.07, 6.45) is 30.5. The monoisotopic (exact) mass is 793 g/mol. The summed E-state index contributed by atoms with van der Waals surface area (Å²) in [5.41, 5.74) is 7.92. The van der Waals surface area contributed by atoms with E-state index in [0.29, 0.717) is 12.8 Å². The fraction of sp³-hybridized carbons (Fsp3) is 0.721. The van der Waals surface area contributed by atoms with Crippen molar-refractivity contribution in [1.29, 1.82) is 0 Å². The zero-order valence-electron chi connectivity index (χ0n) is 34.3. The molecule has 3 N–H and O–H groups in total. The van der Waals surface area contributed by atoms with Gasteiger partial charge in [0.2, 0.25) is 0 Å². The topological polar surface area (TPSA) is 160 Å². The molecule has 1 fully saturated rings. The van der Waals surface area contributed by atoms with Crippen LogP contribution < -0.4 is 5.73 Å². The summed E-state index contributed by atoms with van der Waals surface area (Å²) in [6, 6.07) is 0. The number of carbonyl (C=O) groups excluding carboxylic acids is 2. The summed E-state index contributed by atoms with van der Waals surface area (Å²) in [5.74, 6) is 1.29. The molecular formula is C43H72NO10P. The molecule has 1 aliphatic heterocycles. The maximum absolute atomic E-state index is 12.7. The van der Waals surface area contributed by atoms with Crippen LogP contribution in [-0.4, -0.2) is 61.5 Å². The number of phosphoric acid groups is 1. The van der Waals surface area contributed by atoms with E-state index in [1.807, 2.05) is 0 Å². The van der Waals surface area contributed by atoms with Crippen LogP contribution in [0.2, 0.25) is 0 Å². The first kappa shape index (κ1) is 48.6. The van der Waals surface area contributed by atoms with Gasteiger partial charge >= 0.3 is 19.8 Å².